The van der Waals surface area contributed by atoms with E-state index < -0.39 is 0 Å². The molecule has 2 aliphatic heterocycles. The molecule has 0 saturated carbocycles. The van der Waals surface area contributed by atoms with Crippen LogP contribution in [0.1, 0.15) is 23.9 Å². The summed E-state index contributed by atoms with van der Waals surface area (Å²) in [6.07, 6.45) is 2.53. The topological polar surface area (TPSA) is 39.1 Å². The van der Waals surface area contributed by atoms with Gasteiger partial charge in [0.2, 0.25) is 0 Å². The third-order valence-corrected chi connectivity index (χ3v) is 3.93. The maximum absolute atomic E-state index is 5.82. The first kappa shape index (κ1) is 10.5. The van der Waals surface area contributed by atoms with Gasteiger partial charge in [0, 0.05) is 26.1 Å². The van der Waals surface area contributed by atoms with Crippen LogP contribution >= 0.6 is 0 Å². The highest BCUT2D eigenvalue weighted by atomic mass is 16.5. The fourth-order valence-corrected chi connectivity index (χ4v) is 3.01. The van der Waals surface area contributed by atoms with Crippen LogP contribution in [0.25, 0.3) is 11.0 Å². The average Bonchev–Trinajstić information content (AvgIpc) is 2.99. The number of ether oxygens (including phenoxy) is 1. The van der Waals surface area contributed by atoms with Crippen molar-refractivity contribution in [3.63, 3.8) is 0 Å². The van der Waals surface area contributed by atoms with E-state index in [0.717, 1.165) is 38.2 Å². The lowest BCUT2D eigenvalue weighted by Gasteiger charge is -2.24. The van der Waals surface area contributed by atoms with E-state index in [0.29, 0.717) is 0 Å². The van der Waals surface area contributed by atoms with Crippen LogP contribution in [0.4, 0.5) is 0 Å². The maximum Gasteiger partial charge on any atom is 0.109 e. The predicted molar refractivity (Wildman–Crippen MR) is 69.6 cm³/mol. The molecule has 1 unspecified atom stereocenters. The predicted octanol–water partition coefficient (Wildman–Crippen LogP) is 1.64. The summed E-state index contributed by atoms with van der Waals surface area (Å²) in [6, 6.07) is 6.55. The normalized spacial score (nSPS) is 23.4. The van der Waals surface area contributed by atoms with E-state index >= 15 is 0 Å². The average molecular weight is 243 g/mol. The van der Waals surface area contributed by atoms with Crippen molar-refractivity contribution >= 4 is 11.0 Å². The Morgan fingerprint density at radius 1 is 1.39 bits per heavy atom. The zero-order chi connectivity index (χ0) is 11.9. The number of nitrogens with zero attached hydrogens (tertiary/aromatic N) is 2. The van der Waals surface area contributed by atoms with Crippen LogP contribution in [-0.4, -0.2) is 29.2 Å². The molecule has 1 fully saturated rings. The standard InChI is InChI=1S/C14H17N3O/c1-2-14-16-11-4-3-10(8-12(11)17(14)6-1)13-9-15-5-7-18-13/h3-4,8,13,15H,1-2,5-7,9H2. The summed E-state index contributed by atoms with van der Waals surface area (Å²) in [7, 11) is 0. The number of rotatable bonds is 1. The zero-order valence-corrected chi connectivity index (χ0v) is 10.4. The summed E-state index contributed by atoms with van der Waals surface area (Å²) in [5.41, 5.74) is 3.66. The largest absolute Gasteiger partial charge is 0.371 e. The summed E-state index contributed by atoms with van der Waals surface area (Å²) in [5, 5.41) is 3.38. The van der Waals surface area contributed by atoms with Crippen LogP contribution in [0.5, 0.6) is 0 Å². The van der Waals surface area contributed by atoms with Gasteiger partial charge in [-0.3, -0.25) is 0 Å². The molecule has 0 radical (unpaired) electrons. The number of morpholine rings is 1. The summed E-state index contributed by atoms with van der Waals surface area (Å²) in [6.45, 7) is 3.78. The van der Waals surface area contributed by atoms with Crippen molar-refractivity contribution in [2.24, 2.45) is 0 Å². The lowest BCUT2D eigenvalue weighted by molar-refractivity contribution is 0.0277. The van der Waals surface area contributed by atoms with Crippen molar-refractivity contribution < 1.29 is 4.74 Å². The van der Waals surface area contributed by atoms with E-state index in [-0.39, 0.29) is 6.10 Å². The van der Waals surface area contributed by atoms with Crippen LogP contribution in [0.3, 0.4) is 0 Å². The van der Waals surface area contributed by atoms with Gasteiger partial charge in [-0.15, -0.1) is 0 Å². The van der Waals surface area contributed by atoms with Gasteiger partial charge in [-0.25, -0.2) is 4.98 Å². The molecule has 2 aliphatic rings. The van der Waals surface area contributed by atoms with Crippen molar-refractivity contribution in [3.8, 4) is 0 Å². The molecule has 0 aliphatic carbocycles. The van der Waals surface area contributed by atoms with E-state index in [1.54, 1.807) is 0 Å². The van der Waals surface area contributed by atoms with Crippen LogP contribution in [0.2, 0.25) is 0 Å². The molecule has 18 heavy (non-hydrogen) atoms. The minimum atomic E-state index is 0.190. The third-order valence-electron chi connectivity index (χ3n) is 3.93. The molecule has 0 amide bonds. The highest BCUT2D eigenvalue weighted by Crippen LogP contribution is 2.27. The first-order valence-electron chi connectivity index (χ1n) is 6.73. The number of imidazole rings is 1. The second-order valence-corrected chi connectivity index (χ2v) is 5.09. The van der Waals surface area contributed by atoms with Gasteiger partial charge in [-0.05, 0) is 24.1 Å². The van der Waals surface area contributed by atoms with E-state index in [4.69, 9.17) is 4.74 Å². The second kappa shape index (κ2) is 4.07. The van der Waals surface area contributed by atoms with Gasteiger partial charge in [0.1, 0.15) is 5.82 Å². The van der Waals surface area contributed by atoms with E-state index in [1.807, 2.05) is 0 Å². The molecule has 1 atom stereocenters. The number of hydrogen-bond acceptors (Lipinski definition) is 3. The maximum atomic E-state index is 5.82. The summed E-state index contributed by atoms with van der Waals surface area (Å²) >= 11 is 0. The monoisotopic (exact) mass is 243 g/mol. The molecule has 1 saturated heterocycles. The van der Waals surface area contributed by atoms with E-state index in [1.165, 1.54) is 23.3 Å². The van der Waals surface area contributed by atoms with Crippen LogP contribution in [-0.2, 0) is 17.7 Å². The number of aryl methyl sites for hydroxylation is 2. The number of aromatic nitrogens is 2. The van der Waals surface area contributed by atoms with Crippen molar-refractivity contribution in [1.29, 1.82) is 0 Å². The van der Waals surface area contributed by atoms with Crippen molar-refractivity contribution in [2.45, 2.75) is 25.5 Å². The lowest BCUT2D eigenvalue weighted by atomic mass is 10.1. The minimum Gasteiger partial charge on any atom is -0.371 e. The minimum absolute atomic E-state index is 0.190. The Morgan fingerprint density at radius 2 is 2.39 bits per heavy atom. The number of hydrogen-bond donors (Lipinski definition) is 1. The Labute approximate surface area is 106 Å². The van der Waals surface area contributed by atoms with Gasteiger partial charge < -0.3 is 14.6 Å². The Morgan fingerprint density at radius 3 is 3.28 bits per heavy atom. The summed E-state index contributed by atoms with van der Waals surface area (Å²) in [5.74, 6) is 1.24. The Hall–Kier alpha value is -1.39. The third kappa shape index (κ3) is 1.56. The molecular weight excluding hydrogens is 226 g/mol. The summed E-state index contributed by atoms with van der Waals surface area (Å²) < 4.78 is 8.17. The fraction of sp³-hybridized carbons (Fsp3) is 0.500. The molecule has 4 rings (SSSR count). The molecule has 1 aromatic heterocycles. The molecule has 94 valence electrons. The van der Waals surface area contributed by atoms with Crippen LogP contribution < -0.4 is 5.32 Å². The molecule has 1 aromatic carbocycles. The number of benzene rings is 1. The van der Waals surface area contributed by atoms with Crippen molar-refractivity contribution in [2.75, 3.05) is 19.7 Å². The van der Waals surface area contributed by atoms with Crippen molar-refractivity contribution in [1.82, 2.24) is 14.9 Å². The molecule has 2 aromatic rings. The first-order chi connectivity index (χ1) is 8.92. The van der Waals surface area contributed by atoms with Gasteiger partial charge in [-0.1, -0.05) is 6.07 Å². The van der Waals surface area contributed by atoms with Gasteiger partial charge in [-0.2, -0.15) is 0 Å². The van der Waals surface area contributed by atoms with Gasteiger partial charge in [0.15, 0.2) is 0 Å². The van der Waals surface area contributed by atoms with Crippen LogP contribution in [0.15, 0.2) is 18.2 Å². The number of fused-ring (bicyclic) bond motifs is 3. The molecule has 3 heterocycles. The zero-order valence-electron chi connectivity index (χ0n) is 10.4. The quantitative estimate of drug-likeness (QED) is 0.827. The van der Waals surface area contributed by atoms with E-state index in [9.17, 15) is 0 Å². The molecule has 4 heteroatoms. The first-order valence-corrected chi connectivity index (χ1v) is 6.73. The Bertz CT molecular complexity index is 584. The van der Waals surface area contributed by atoms with Gasteiger partial charge in [0.05, 0.1) is 23.7 Å². The fourth-order valence-electron chi connectivity index (χ4n) is 3.01. The van der Waals surface area contributed by atoms with Gasteiger partial charge in [0.25, 0.3) is 0 Å². The van der Waals surface area contributed by atoms with Crippen molar-refractivity contribution in [3.05, 3.63) is 29.6 Å². The highest BCUT2D eigenvalue weighted by molar-refractivity contribution is 5.77. The molecule has 4 nitrogen and oxygen atoms in total. The van der Waals surface area contributed by atoms with Crippen LogP contribution in [0, 0.1) is 0 Å². The molecule has 0 spiro atoms. The Kier molecular flexibility index (Phi) is 2.38. The Balaban J connectivity index is 1.78. The second-order valence-electron chi connectivity index (χ2n) is 5.09. The molecule has 1 N–H and O–H groups in total. The number of nitrogens with one attached hydrogen (secondary N) is 1. The van der Waals surface area contributed by atoms with E-state index in [2.05, 4.69) is 33.1 Å². The molecule has 0 bridgehead atoms. The summed E-state index contributed by atoms with van der Waals surface area (Å²) in [4.78, 5) is 4.69. The lowest BCUT2D eigenvalue weighted by Crippen LogP contribution is -2.33. The highest BCUT2D eigenvalue weighted by Gasteiger charge is 2.19. The molecular formula is C14H17N3O. The SMILES string of the molecule is c1cc2nc3n(c2cc1C1CNCCO1)CCC3. The smallest absolute Gasteiger partial charge is 0.109 e. The van der Waals surface area contributed by atoms with Gasteiger partial charge >= 0.3 is 0 Å².